The van der Waals surface area contributed by atoms with Crippen molar-refractivity contribution in [3.8, 4) is 0 Å². The van der Waals surface area contributed by atoms with Crippen LogP contribution in [-0.2, 0) is 0 Å². The Bertz CT molecular complexity index is 400. The maximum absolute atomic E-state index is 12.2. The number of amides is 1. The fourth-order valence-electron chi connectivity index (χ4n) is 2.14. The predicted octanol–water partition coefficient (Wildman–Crippen LogP) is 2.43. The number of halogens is 2. The molecule has 0 aliphatic carbocycles. The second kappa shape index (κ2) is 6.38. The van der Waals surface area contributed by atoms with Crippen molar-refractivity contribution in [3.63, 3.8) is 0 Å². The molecule has 17 heavy (non-hydrogen) atoms. The Labute approximate surface area is 116 Å². The molecule has 3 nitrogen and oxygen atoms in total. The van der Waals surface area contributed by atoms with Gasteiger partial charge in [0.25, 0.3) is 5.91 Å². The van der Waals surface area contributed by atoms with E-state index < -0.39 is 0 Å². The highest BCUT2D eigenvalue weighted by Crippen LogP contribution is 2.20. The van der Waals surface area contributed by atoms with Gasteiger partial charge in [0.15, 0.2) is 0 Å². The van der Waals surface area contributed by atoms with Crippen molar-refractivity contribution in [2.75, 3.05) is 13.1 Å². The summed E-state index contributed by atoms with van der Waals surface area (Å²) in [5.74, 6) is 0.0919. The van der Waals surface area contributed by atoms with E-state index in [2.05, 4.69) is 15.9 Å². The third kappa shape index (κ3) is 3.21. The number of carbonyl (C=O) groups is 1. The zero-order chi connectivity index (χ0) is 11.5. The lowest BCUT2D eigenvalue weighted by atomic mass is 10.1. The molecule has 1 amide bonds. The number of likely N-dealkylation sites (tertiary alicyclic amines) is 1. The molecule has 0 spiro atoms. The van der Waals surface area contributed by atoms with Gasteiger partial charge in [-0.25, -0.2) is 0 Å². The average Bonchev–Trinajstić information content (AvgIpc) is 2.76. The van der Waals surface area contributed by atoms with Gasteiger partial charge in [-0.3, -0.25) is 4.79 Å². The van der Waals surface area contributed by atoms with Crippen LogP contribution in [-0.4, -0.2) is 29.9 Å². The lowest BCUT2D eigenvalue weighted by Gasteiger charge is -2.23. The van der Waals surface area contributed by atoms with Gasteiger partial charge in [0.2, 0.25) is 0 Å². The third-order valence-corrected chi connectivity index (χ3v) is 3.47. The van der Waals surface area contributed by atoms with Crippen LogP contribution in [0.25, 0.3) is 0 Å². The van der Waals surface area contributed by atoms with E-state index in [4.69, 9.17) is 5.73 Å². The molecule has 1 atom stereocenters. The molecule has 1 aromatic rings. The maximum Gasteiger partial charge on any atom is 0.254 e. The first kappa shape index (κ1) is 14.5. The van der Waals surface area contributed by atoms with Gasteiger partial charge in [-0.2, -0.15) is 0 Å². The Balaban J connectivity index is 0.00000144. The van der Waals surface area contributed by atoms with Crippen molar-refractivity contribution in [1.82, 2.24) is 4.90 Å². The predicted molar refractivity (Wildman–Crippen MR) is 74.5 cm³/mol. The number of rotatable bonds is 2. The molecule has 1 aromatic carbocycles. The molecule has 0 saturated carbocycles. The van der Waals surface area contributed by atoms with Crippen LogP contribution in [0.3, 0.4) is 0 Å². The lowest BCUT2D eigenvalue weighted by Crippen LogP contribution is -2.39. The fourth-order valence-corrected chi connectivity index (χ4v) is 2.53. The van der Waals surface area contributed by atoms with Gasteiger partial charge in [-0.05, 0) is 31.0 Å². The Hall–Kier alpha value is -0.580. The molecule has 5 heteroatoms. The minimum atomic E-state index is 0. The Morgan fingerprint density at radius 3 is 2.94 bits per heavy atom. The van der Waals surface area contributed by atoms with E-state index >= 15 is 0 Å². The summed E-state index contributed by atoms with van der Waals surface area (Å²) in [4.78, 5) is 14.1. The minimum Gasteiger partial charge on any atom is -0.334 e. The maximum atomic E-state index is 12.2. The minimum absolute atomic E-state index is 0. The van der Waals surface area contributed by atoms with Gasteiger partial charge in [-0.1, -0.05) is 22.0 Å². The van der Waals surface area contributed by atoms with Crippen molar-refractivity contribution in [2.45, 2.75) is 18.9 Å². The first-order valence-electron chi connectivity index (χ1n) is 5.49. The molecular weight excluding hydrogens is 304 g/mol. The Morgan fingerprint density at radius 1 is 1.53 bits per heavy atom. The van der Waals surface area contributed by atoms with E-state index in [9.17, 15) is 4.79 Å². The van der Waals surface area contributed by atoms with Gasteiger partial charge >= 0.3 is 0 Å². The molecular formula is C12H16BrClN2O. The highest BCUT2D eigenvalue weighted by molar-refractivity contribution is 9.10. The zero-order valence-corrected chi connectivity index (χ0v) is 11.8. The molecule has 0 bridgehead atoms. The van der Waals surface area contributed by atoms with Gasteiger partial charge < -0.3 is 10.6 Å². The van der Waals surface area contributed by atoms with Crippen LogP contribution in [0.4, 0.5) is 0 Å². The highest BCUT2D eigenvalue weighted by atomic mass is 79.9. The molecule has 1 saturated heterocycles. The van der Waals surface area contributed by atoms with Crippen LogP contribution in [0, 0.1) is 0 Å². The third-order valence-electron chi connectivity index (χ3n) is 2.98. The SMILES string of the molecule is Cl.NCC1CCCN1C(=O)c1cccc(Br)c1. The smallest absolute Gasteiger partial charge is 0.254 e. The number of hydrogen-bond acceptors (Lipinski definition) is 2. The van der Waals surface area contributed by atoms with E-state index in [-0.39, 0.29) is 24.4 Å². The number of benzene rings is 1. The van der Waals surface area contributed by atoms with E-state index in [1.165, 1.54) is 0 Å². The average molecular weight is 320 g/mol. The molecule has 2 N–H and O–H groups in total. The lowest BCUT2D eigenvalue weighted by molar-refractivity contribution is 0.0741. The molecule has 0 radical (unpaired) electrons. The summed E-state index contributed by atoms with van der Waals surface area (Å²) < 4.78 is 0.932. The summed E-state index contributed by atoms with van der Waals surface area (Å²) in [6.45, 7) is 1.38. The largest absolute Gasteiger partial charge is 0.334 e. The first-order valence-corrected chi connectivity index (χ1v) is 6.28. The number of nitrogens with zero attached hydrogens (tertiary/aromatic N) is 1. The number of carbonyl (C=O) groups excluding carboxylic acids is 1. The zero-order valence-electron chi connectivity index (χ0n) is 9.43. The van der Waals surface area contributed by atoms with E-state index in [0.29, 0.717) is 6.54 Å². The molecule has 1 aliphatic rings. The van der Waals surface area contributed by atoms with Gasteiger partial charge in [-0.15, -0.1) is 12.4 Å². The standard InChI is InChI=1S/C12H15BrN2O.ClH/c13-10-4-1-3-9(7-10)12(16)15-6-2-5-11(15)8-14;/h1,3-4,7,11H,2,5-6,8,14H2;1H. The molecule has 2 rings (SSSR count). The van der Waals surface area contributed by atoms with Crippen molar-refractivity contribution >= 4 is 34.2 Å². The fraction of sp³-hybridized carbons (Fsp3) is 0.417. The first-order chi connectivity index (χ1) is 7.72. The van der Waals surface area contributed by atoms with Gasteiger partial charge in [0, 0.05) is 29.2 Å². The molecule has 1 fully saturated rings. The second-order valence-electron chi connectivity index (χ2n) is 4.04. The van der Waals surface area contributed by atoms with E-state index in [0.717, 1.165) is 29.4 Å². The summed E-state index contributed by atoms with van der Waals surface area (Å²) >= 11 is 3.38. The summed E-state index contributed by atoms with van der Waals surface area (Å²) in [6.07, 6.45) is 2.08. The van der Waals surface area contributed by atoms with Crippen molar-refractivity contribution < 1.29 is 4.79 Å². The summed E-state index contributed by atoms with van der Waals surface area (Å²) in [5, 5.41) is 0. The molecule has 0 aromatic heterocycles. The van der Waals surface area contributed by atoms with Crippen molar-refractivity contribution in [3.05, 3.63) is 34.3 Å². The van der Waals surface area contributed by atoms with Crippen LogP contribution >= 0.6 is 28.3 Å². The molecule has 1 unspecified atom stereocenters. The molecule has 1 aliphatic heterocycles. The summed E-state index contributed by atoms with van der Waals surface area (Å²) in [6, 6.07) is 7.71. The normalized spacial score (nSPS) is 18.9. The van der Waals surface area contributed by atoms with Gasteiger partial charge in [0.05, 0.1) is 0 Å². The summed E-state index contributed by atoms with van der Waals surface area (Å²) in [7, 11) is 0. The topological polar surface area (TPSA) is 46.3 Å². The van der Waals surface area contributed by atoms with Crippen LogP contribution in [0.15, 0.2) is 28.7 Å². The Morgan fingerprint density at radius 2 is 2.29 bits per heavy atom. The highest BCUT2D eigenvalue weighted by Gasteiger charge is 2.28. The van der Waals surface area contributed by atoms with Crippen LogP contribution in [0.2, 0.25) is 0 Å². The number of nitrogens with two attached hydrogens (primary N) is 1. The molecule has 1 heterocycles. The van der Waals surface area contributed by atoms with Crippen molar-refractivity contribution in [1.29, 1.82) is 0 Å². The number of hydrogen-bond donors (Lipinski definition) is 1. The van der Waals surface area contributed by atoms with E-state index in [1.54, 1.807) is 0 Å². The van der Waals surface area contributed by atoms with Gasteiger partial charge in [0.1, 0.15) is 0 Å². The second-order valence-corrected chi connectivity index (χ2v) is 4.96. The summed E-state index contributed by atoms with van der Waals surface area (Å²) in [5.41, 5.74) is 6.40. The van der Waals surface area contributed by atoms with Crippen LogP contribution in [0.5, 0.6) is 0 Å². The van der Waals surface area contributed by atoms with Crippen molar-refractivity contribution in [2.24, 2.45) is 5.73 Å². The Kier molecular flexibility index (Phi) is 5.43. The molecule has 94 valence electrons. The monoisotopic (exact) mass is 318 g/mol. The quantitative estimate of drug-likeness (QED) is 0.910. The van der Waals surface area contributed by atoms with Crippen LogP contribution in [0.1, 0.15) is 23.2 Å². The van der Waals surface area contributed by atoms with Crippen LogP contribution < -0.4 is 5.73 Å². The van der Waals surface area contributed by atoms with E-state index in [1.807, 2.05) is 29.2 Å².